The molecule has 0 atom stereocenters. The van der Waals surface area contributed by atoms with Crippen LogP contribution in [0.5, 0.6) is 0 Å². The molecule has 3 heteroatoms. The van der Waals surface area contributed by atoms with E-state index < -0.39 is 0 Å². The van der Waals surface area contributed by atoms with Crippen molar-refractivity contribution in [2.75, 3.05) is 0 Å². The summed E-state index contributed by atoms with van der Waals surface area (Å²) in [6, 6.07) is 7.56. The number of nitrogens with one attached hydrogen (secondary N) is 1. The smallest absolute Gasteiger partial charge is 0.0867 e. The molecule has 0 radical (unpaired) electrons. The molecular formula is C6H5N2O+. The van der Waals surface area contributed by atoms with Gasteiger partial charge in [0.15, 0.2) is 0 Å². The first-order valence-corrected chi connectivity index (χ1v) is 2.68. The number of hydrogen-bond acceptors (Lipinski definition) is 1. The minimum Gasteiger partial charge on any atom is -0.0867 e. The average molecular weight is 121 g/mol. The van der Waals surface area contributed by atoms with Gasteiger partial charge in [0, 0.05) is 0 Å². The number of H-pyrrole nitrogens is 1. The van der Waals surface area contributed by atoms with Crippen molar-refractivity contribution in [3.63, 3.8) is 0 Å². The van der Waals surface area contributed by atoms with Crippen molar-refractivity contribution < 1.29 is 4.52 Å². The molecule has 0 unspecified atom stereocenters. The van der Waals surface area contributed by atoms with Gasteiger partial charge in [-0.1, -0.05) is 21.8 Å². The number of para-hydroxylation sites is 2. The van der Waals surface area contributed by atoms with Gasteiger partial charge in [0.2, 0.25) is 5.52 Å². The Hall–Kier alpha value is -1.38. The molecule has 1 aromatic heterocycles. The Morgan fingerprint density at radius 2 is 2.22 bits per heavy atom. The molecule has 0 amide bonds. The van der Waals surface area contributed by atoms with Crippen LogP contribution in [0.3, 0.4) is 0 Å². The first-order valence-electron chi connectivity index (χ1n) is 2.68. The number of benzene rings is 1. The van der Waals surface area contributed by atoms with Crippen LogP contribution in [0.4, 0.5) is 0 Å². The van der Waals surface area contributed by atoms with Gasteiger partial charge >= 0.3 is 5.58 Å². The summed E-state index contributed by atoms with van der Waals surface area (Å²) in [6.45, 7) is 0. The van der Waals surface area contributed by atoms with E-state index in [2.05, 4.69) is 10.4 Å². The molecule has 0 spiro atoms. The van der Waals surface area contributed by atoms with E-state index in [-0.39, 0.29) is 0 Å². The molecule has 0 saturated carbocycles. The predicted octanol–water partition coefficient (Wildman–Crippen LogP) is 1.44. The Morgan fingerprint density at radius 1 is 1.33 bits per heavy atom. The third-order valence-corrected chi connectivity index (χ3v) is 1.19. The van der Waals surface area contributed by atoms with Crippen LogP contribution in [0.2, 0.25) is 0 Å². The van der Waals surface area contributed by atoms with Gasteiger partial charge < -0.3 is 0 Å². The Kier molecular flexibility index (Phi) is 0.773. The highest BCUT2D eigenvalue weighted by Crippen LogP contribution is 2.06. The summed E-state index contributed by atoms with van der Waals surface area (Å²) >= 11 is 0. The van der Waals surface area contributed by atoms with Crippen LogP contribution in [-0.4, -0.2) is 10.4 Å². The number of nitrogens with zero attached hydrogens (tertiary/aromatic N) is 1. The summed E-state index contributed by atoms with van der Waals surface area (Å²) < 4.78 is 4.88. The highest BCUT2D eigenvalue weighted by atomic mass is 16.5. The van der Waals surface area contributed by atoms with Crippen LogP contribution in [-0.2, 0) is 0 Å². The largest absolute Gasteiger partial charge is 0.425 e. The second-order valence-electron chi connectivity index (χ2n) is 1.77. The Labute approximate surface area is 51.3 Å². The highest BCUT2D eigenvalue weighted by Gasteiger charge is 2.04. The van der Waals surface area contributed by atoms with Gasteiger partial charge in [-0.25, -0.2) is 0 Å². The van der Waals surface area contributed by atoms with Gasteiger partial charge in [-0.15, -0.1) is 0 Å². The van der Waals surface area contributed by atoms with Gasteiger partial charge in [-0.05, 0) is 6.07 Å². The second-order valence-corrected chi connectivity index (χ2v) is 1.77. The van der Waals surface area contributed by atoms with Crippen molar-refractivity contribution in [2.24, 2.45) is 0 Å². The van der Waals surface area contributed by atoms with Gasteiger partial charge in [0.1, 0.15) is 0 Å². The van der Waals surface area contributed by atoms with Crippen molar-refractivity contribution in [1.29, 1.82) is 0 Å². The molecule has 1 heterocycles. The predicted molar refractivity (Wildman–Crippen MR) is 32.8 cm³/mol. The average Bonchev–Trinajstić information content (AvgIpc) is 2.33. The fourth-order valence-electron chi connectivity index (χ4n) is 0.757. The lowest BCUT2D eigenvalue weighted by Gasteiger charge is -1.69. The van der Waals surface area contributed by atoms with Gasteiger partial charge in [-0.3, -0.25) is 0 Å². The van der Waals surface area contributed by atoms with Gasteiger partial charge in [0.05, 0.1) is 11.3 Å². The minimum atomic E-state index is 0.789. The van der Waals surface area contributed by atoms with Crippen LogP contribution in [0.25, 0.3) is 11.1 Å². The summed E-state index contributed by atoms with van der Waals surface area (Å²) in [6.07, 6.45) is 0. The molecule has 0 aliphatic rings. The van der Waals surface area contributed by atoms with E-state index in [1.807, 2.05) is 24.3 Å². The zero-order valence-electron chi connectivity index (χ0n) is 4.66. The maximum atomic E-state index is 4.88. The molecule has 0 saturated heterocycles. The summed E-state index contributed by atoms with van der Waals surface area (Å²) in [5.74, 6) is 0. The van der Waals surface area contributed by atoms with Gasteiger partial charge in [0.25, 0.3) is 0 Å². The molecule has 1 aromatic carbocycles. The first kappa shape index (κ1) is 4.49. The maximum Gasteiger partial charge on any atom is 0.425 e. The van der Waals surface area contributed by atoms with Crippen LogP contribution in [0.1, 0.15) is 0 Å². The fraction of sp³-hybridized carbons (Fsp3) is 0. The summed E-state index contributed by atoms with van der Waals surface area (Å²) in [5.41, 5.74) is 1.65. The first-order chi connectivity index (χ1) is 4.47. The number of fused-ring (bicyclic) bond motifs is 1. The number of hydrogen-bond donors (Lipinski definition) is 1. The third-order valence-electron chi connectivity index (χ3n) is 1.19. The molecule has 9 heavy (non-hydrogen) atoms. The van der Waals surface area contributed by atoms with Gasteiger partial charge in [-0.2, -0.15) is 0 Å². The summed E-state index contributed by atoms with van der Waals surface area (Å²) in [4.78, 5) is 0. The number of aromatic nitrogens is 2. The van der Waals surface area contributed by atoms with E-state index in [4.69, 9.17) is 4.52 Å². The van der Waals surface area contributed by atoms with Crippen molar-refractivity contribution in [1.82, 2.24) is 10.4 Å². The number of rotatable bonds is 0. The molecule has 1 N–H and O–H groups in total. The Bertz CT molecular complexity index is 285. The molecule has 0 fully saturated rings. The van der Waals surface area contributed by atoms with Crippen LogP contribution in [0.15, 0.2) is 28.8 Å². The normalized spacial score (nSPS) is 10.2. The maximum absolute atomic E-state index is 4.88. The van der Waals surface area contributed by atoms with Crippen molar-refractivity contribution in [3.05, 3.63) is 24.3 Å². The quantitative estimate of drug-likeness (QED) is 0.535. The molecule has 3 nitrogen and oxygen atoms in total. The third kappa shape index (κ3) is 0.579. The van der Waals surface area contributed by atoms with Crippen LogP contribution in [0, 0.1) is 0 Å². The minimum absolute atomic E-state index is 0.789. The number of aromatic amines is 1. The monoisotopic (exact) mass is 121 g/mol. The summed E-state index contributed by atoms with van der Waals surface area (Å²) in [7, 11) is 0. The molecule has 0 aliphatic heterocycles. The zero-order valence-corrected chi connectivity index (χ0v) is 4.66. The topological polar surface area (TPSA) is 40.0 Å². The molecule has 44 valence electrons. The zero-order chi connectivity index (χ0) is 6.10. The van der Waals surface area contributed by atoms with Crippen molar-refractivity contribution in [2.45, 2.75) is 0 Å². The van der Waals surface area contributed by atoms with E-state index in [9.17, 15) is 0 Å². The Balaban J connectivity index is 2.95. The van der Waals surface area contributed by atoms with Crippen LogP contribution < -0.4 is 0 Å². The van der Waals surface area contributed by atoms with E-state index in [1.165, 1.54) is 0 Å². The SMILES string of the molecule is c1ccc2[o+][nH]nc2c1. The van der Waals surface area contributed by atoms with E-state index in [0.717, 1.165) is 11.1 Å². The molecule has 0 aliphatic carbocycles. The van der Waals surface area contributed by atoms with Crippen molar-refractivity contribution in [3.8, 4) is 0 Å². The van der Waals surface area contributed by atoms with Crippen LogP contribution >= 0.6 is 0 Å². The van der Waals surface area contributed by atoms with E-state index in [1.54, 1.807) is 0 Å². The van der Waals surface area contributed by atoms with E-state index in [0.29, 0.717) is 0 Å². The second kappa shape index (κ2) is 1.55. The standard InChI is InChI=1S/C6H5N2O/c1-2-4-6-5(3-1)7-8-9-6/h1-4,8H/q+1. The molecule has 2 rings (SSSR count). The van der Waals surface area contributed by atoms with E-state index >= 15 is 0 Å². The Morgan fingerprint density at radius 3 is 3.11 bits per heavy atom. The molecular weight excluding hydrogens is 116 g/mol. The highest BCUT2D eigenvalue weighted by molar-refractivity contribution is 5.70. The lowest BCUT2D eigenvalue weighted by atomic mass is 10.3. The fourth-order valence-corrected chi connectivity index (χ4v) is 0.757. The molecule has 2 aromatic rings. The van der Waals surface area contributed by atoms with Crippen molar-refractivity contribution >= 4 is 11.1 Å². The summed E-state index contributed by atoms with van der Waals surface area (Å²) in [5, 5.41) is 6.24. The lowest BCUT2D eigenvalue weighted by molar-refractivity contribution is 0.424. The lowest BCUT2D eigenvalue weighted by Crippen LogP contribution is -1.63. The molecule has 0 bridgehead atoms.